The Morgan fingerprint density at radius 1 is 1.03 bits per heavy atom. The molecule has 0 aromatic heterocycles. The zero-order valence-electron chi connectivity index (χ0n) is 22.3. The Balaban J connectivity index is 1.49. The number of hydrogen-bond donors (Lipinski definition) is 1. The van der Waals surface area contributed by atoms with Crippen molar-refractivity contribution >= 4 is 33.6 Å². The number of carbonyl (C=O) groups excluding carboxylic acids is 2. The van der Waals surface area contributed by atoms with Crippen LogP contribution in [-0.2, 0) is 14.3 Å². The van der Waals surface area contributed by atoms with Crippen LogP contribution >= 0.6 is 15.9 Å². The molecular weight excluding hydrogens is 552 g/mol. The highest BCUT2D eigenvalue weighted by molar-refractivity contribution is 9.10. The van der Waals surface area contributed by atoms with E-state index in [0.717, 1.165) is 49.4 Å². The molecule has 0 radical (unpaired) electrons. The van der Waals surface area contributed by atoms with Crippen LogP contribution in [0.25, 0.3) is 0 Å². The number of nitrogens with zero attached hydrogens (tertiary/aromatic N) is 3. The van der Waals surface area contributed by atoms with Gasteiger partial charge < -0.3 is 19.5 Å². The van der Waals surface area contributed by atoms with Gasteiger partial charge in [0.25, 0.3) is 5.91 Å². The molecule has 38 heavy (non-hydrogen) atoms. The second-order valence-electron chi connectivity index (χ2n) is 10.3. The molecule has 2 amide bonds. The summed E-state index contributed by atoms with van der Waals surface area (Å²) in [6.07, 6.45) is 0.177. The summed E-state index contributed by atoms with van der Waals surface area (Å²) in [6.45, 7) is 11.3. The van der Waals surface area contributed by atoms with Crippen LogP contribution in [0.15, 0.2) is 53.0 Å². The van der Waals surface area contributed by atoms with Crippen molar-refractivity contribution in [3.8, 4) is 5.75 Å². The van der Waals surface area contributed by atoms with E-state index in [9.17, 15) is 9.59 Å². The lowest BCUT2D eigenvalue weighted by atomic mass is 10.1. The Morgan fingerprint density at radius 3 is 2.42 bits per heavy atom. The molecule has 1 N–H and O–H groups in total. The van der Waals surface area contributed by atoms with Gasteiger partial charge in [-0.3, -0.25) is 19.7 Å². The number of ether oxygens (including phenoxy) is 3. The topological polar surface area (TPSA) is 83.6 Å². The van der Waals surface area contributed by atoms with Crippen LogP contribution in [0.4, 0.5) is 10.5 Å². The molecule has 0 aliphatic carbocycles. The molecule has 0 bridgehead atoms. The number of hydrazine groups is 1. The van der Waals surface area contributed by atoms with E-state index in [4.69, 9.17) is 14.2 Å². The Morgan fingerprint density at radius 2 is 1.74 bits per heavy atom. The average molecular weight is 590 g/mol. The number of alkyl carbamates (subject to hydrolysis) is 1. The van der Waals surface area contributed by atoms with Gasteiger partial charge in [0.05, 0.1) is 18.9 Å². The smallest absolute Gasteiger partial charge is 0.408 e. The van der Waals surface area contributed by atoms with Gasteiger partial charge >= 0.3 is 6.09 Å². The maximum atomic E-state index is 13.9. The van der Waals surface area contributed by atoms with Gasteiger partial charge in [0.1, 0.15) is 24.0 Å². The third-order valence-electron chi connectivity index (χ3n) is 6.32. The Bertz CT molecular complexity index is 1090. The van der Waals surface area contributed by atoms with Gasteiger partial charge in [0.2, 0.25) is 0 Å². The minimum Gasteiger partial charge on any atom is -0.492 e. The summed E-state index contributed by atoms with van der Waals surface area (Å²) in [5.41, 5.74) is 0.864. The van der Waals surface area contributed by atoms with Crippen molar-refractivity contribution in [2.24, 2.45) is 0 Å². The lowest BCUT2D eigenvalue weighted by Gasteiger charge is -2.33. The molecule has 10 heteroatoms. The Labute approximate surface area is 233 Å². The van der Waals surface area contributed by atoms with Crippen LogP contribution in [0, 0.1) is 0 Å². The number of para-hydroxylation sites is 1. The number of amides is 2. The predicted molar refractivity (Wildman–Crippen MR) is 149 cm³/mol. The first-order valence-electron chi connectivity index (χ1n) is 13.1. The molecule has 2 aliphatic heterocycles. The molecule has 206 valence electrons. The van der Waals surface area contributed by atoms with E-state index in [2.05, 4.69) is 26.1 Å². The van der Waals surface area contributed by atoms with Crippen LogP contribution in [0.5, 0.6) is 5.75 Å². The highest BCUT2D eigenvalue weighted by Gasteiger charge is 2.35. The van der Waals surface area contributed by atoms with Crippen LogP contribution in [0.2, 0.25) is 0 Å². The second kappa shape index (κ2) is 12.8. The van der Waals surface area contributed by atoms with Crippen LogP contribution in [-0.4, -0.2) is 80.1 Å². The molecule has 2 aromatic carbocycles. The first-order chi connectivity index (χ1) is 18.2. The monoisotopic (exact) mass is 588 g/mol. The molecule has 2 heterocycles. The molecule has 1 atom stereocenters. The highest BCUT2D eigenvalue weighted by Crippen LogP contribution is 2.31. The summed E-state index contributed by atoms with van der Waals surface area (Å²) in [4.78, 5) is 29.0. The predicted octanol–water partition coefficient (Wildman–Crippen LogP) is 4.38. The molecule has 2 fully saturated rings. The highest BCUT2D eigenvalue weighted by atomic mass is 79.9. The van der Waals surface area contributed by atoms with Crippen LogP contribution in [0.1, 0.15) is 38.8 Å². The normalized spacial score (nSPS) is 17.3. The third kappa shape index (κ3) is 7.61. The summed E-state index contributed by atoms with van der Waals surface area (Å²) in [7, 11) is 0. The van der Waals surface area contributed by atoms with Gasteiger partial charge in [-0.05, 0) is 73.0 Å². The van der Waals surface area contributed by atoms with Gasteiger partial charge in [-0.25, -0.2) is 4.79 Å². The summed E-state index contributed by atoms with van der Waals surface area (Å²) < 4.78 is 17.7. The van der Waals surface area contributed by atoms with E-state index in [1.807, 2.05) is 53.5 Å². The number of halogens is 1. The molecule has 4 rings (SSSR count). The molecule has 0 unspecified atom stereocenters. The number of rotatable bonds is 8. The average Bonchev–Trinajstić information content (AvgIpc) is 3.37. The minimum absolute atomic E-state index is 0.231. The standard InChI is InChI=1S/C28H37BrN4O5/c1-28(2,3)38-27(35)30-25(26(34)33-14-6-13-32(33)24-8-5-4-7-23(24)29)21-9-11-22(12-10-21)37-20-17-31-15-18-36-19-16-31/h4-5,7-12,25H,6,13-20H2,1-3H3,(H,30,35)/t25-/m0/s1. The zero-order valence-corrected chi connectivity index (χ0v) is 23.9. The summed E-state index contributed by atoms with van der Waals surface area (Å²) in [5.74, 6) is 0.478. The van der Waals surface area contributed by atoms with Crippen LogP contribution < -0.4 is 15.1 Å². The SMILES string of the molecule is CC(C)(C)OC(=O)N[C@H](C(=O)N1CCCN1c1ccccc1Br)c1ccc(OCCN2CCOCC2)cc1. The van der Waals surface area contributed by atoms with Crippen molar-refractivity contribution in [1.29, 1.82) is 0 Å². The fraction of sp³-hybridized carbons (Fsp3) is 0.500. The number of anilines is 1. The van der Waals surface area contributed by atoms with E-state index >= 15 is 0 Å². The van der Waals surface area contributed by atoms with E-state index in [1.54, 1.807) is 25.8 Å². The number of hydrogen-bond acceptors (Lipinski definition) is 7. The molecular formula is C28H37BrN4O5. The van der Waals surface area contributed by atoms with Gasteiger partial charge in [-0.15, -0.1) is 0 Å². The van der Waals surface area contributed by atoms with Gasteiger partial charge in [0.15, 0.2) is 0 Å². The fourth-order valence-corrected chi connectivity index (χ4v) is 4.98. The number of nitrogens with one attached hydrogen (secondary N) is 1. The Kier molecular flexibility index (Phi) is 9.51. The molecule has 2 aliphatic rings. The van der Waals surface area contributed by atoms with Crippen molar-refractivity contribution in [1.82, 2.24) is 15.2 Å². The van der Waals surface area contributed by atoms with Gasteiger partial charge in [-0.1, -0.05) is 24.3 Å². The maximum Gasteiger partial charge on any atom is 0.408 e. The molecule has 0 saturated carbocycles. The summed E-state index contributed by atoms with van der Waals surface area (Å²) in [5, 5.41) is 6.47. The molecule has 9 nitrogen and oxygen atoms in total. The summed E-state index contributed by atoms with van der Waals surface area (Å²) >= 11 is 3.60. The minimum atomic E-state index is -0.921. The molecule has 2 aromatic rings. The van der Waals surface area contributed by atoms with E-state index < -0.39 is 17.7 Å². The van der Waals surface area contributed by atoms with Crippen molar-refractivity contribution in [2.45, 2.75) is 38.8 Å². The second-order valence-corrected chi connectivity index (χ2v) is 11.2. The largest absolute Gasteiger partial charge is 0.492 e. The van der Waals surface area contributed by atoms with Crippen molar-refractivity contribution in [3.63, 3.8) is 0 Å². The van der Waals surface area contributed by atoms with E-state index in [0.29, 0.717) is 31.0 Å². The van der Waals surface area contributed by atoms with Gasteiger partial charge in [-0.2, -0.15) is 0 Å². The quantitative estimate of drug-likeness (QED) is 0.490. The molecule has 0 spiro atoms. The first-order valence-corrected chi connectivity index (χ1v) is 13.9. The fourth-order valence-electron chi connectivity index (χ4n) is 4.49. The van der Waals surface area contributed by atoms with Crippen molar-refractivity contribution in [2.75, 3.05) is 57.6 Å². The third-order valence-corrected chi connectivity index (χ3v) is 6.99. The van der Waals surface area contributed by atoms with Crippen molar-refractivity contribution < 1.29 is 23.8 Å². The number of carbonyl (C=O) groups is 2. The van der Waals surface area contributed by atoms with Gasteiger partial charge in [0, 0.05) is 37.2 Å². The first kappa shape index (κ1) is 28.2. The lowest BCUT2D eigenvalue weighted by Crippen LogP contribution is -2.49. The number of benzene rings is 2. The van der Waals surface area contributed by atoms with E-state index in [-0.39, 0.29) is 5.91 Å². The lowest BCUT2D eigenvalue weighted by molar-refractivity contribution is -0.133. The molecule has 2 saturated heterocycles. The van der Waals surface area contributed by atoms with E-state index in [1.165, 1.54) is 0 Å². The number of morpholine rings is 1. The zero-order chi connectivity index (χ0) is 27.1. The summed E-state index contributed by atoms with van der Waals surface area (Å²) in [6, 6.07) is 14.2. The Hall–Kier alpha value is -2.82. The maximum absolute atomic E-state index is 13.9. The van der Waals surface area contributed by atoms with Crippen LogP contribution in [0.3, 0.4) is 0 Å². The van der Waals surface area contributed by atoms with Crippen molar-refractivity contribution in [3.05, 3.63) is 58.6 Å².